The van der Waals surface area contributed by atoms with E-state index in [0.717, 1.165) is 12.8 Å². The minimum Gasteiger partial charge on any atom is -0.461 e. The van der Waals surface area contributed by atoms with Gasteiger partial charge in [-0.15, -0.1) is 0 Å². The van der Waals surface area contributed by atoms with Crippen LogP contribution >= 0.6 is 11.8 Å². The number of ether oxygens (including phenoxy) is 1. The molecule has 1 aliphatic rings. The Morgan fingerprint density at radius 1 is 1.85 bits per heavy atom. The van der Waals surface area contributed by atoms with Crippen molar-refractivity contribution in [3.05, 3.63) is 0 Å². The molecule has 1 aliphatic heterocycles. The van der Waals surface area contributed by atoms with Crippen LogP contribution in [0, 0.1) is 11.3 Å². The number of thioether (sulfide) groups is 1. The predicted molar refractivity (Wildman–Crippen MR) is 52.7 cm³/mol. The summed E-state index contributed by atoms with van der Waals surface area (Å²) in [5, 5.41) is 7.08. The fourth-order valence-corrected chi connectivity index (χ4v) is 1.91. The molecule has 1 rings (SSSR count). The Bertz CT molecular complexity index is 220. The number of nitrogens with two attached hydrogens (primary N) is 1. The molecular weight excluding hydrogens is 188 g/mol. The maximum atomic E-state index is 11.1. The van der Waals surface area contributed by atoms with Crippen LogP contribution in [0.2, 0.25) is 0 Å². The maximum Gasteiger partial charge on any atom is 0.309 e. The first kappa shape index (κ1) is 10.4. The summed E-state index contributed by atoms with van der Waals surface area (Å²) in [6, 6.07) is 0. The van der Waals surface area contributed by atoms with Gasteiger partial charge < -0.3 is 10.5 Å². The standard InChI is InChI=1S/C8H14N2O2S/c1-2-5-3-6(12-7(5)11)4-13-8(9)10/h5-6H,2-4H2,1H3,(H3,9,10)/t5-,6-/m0/s1. The van der Waals surface area contributed by atoms with Crippen LogP contribution in [0.15, 0.2) is 0 Å². The molecule has 1 fully saturated rings. The van der Waals surface area contributed by atoms with Gasteiger partial charge in [-0.2, -0.15) is 0 Å². The normalized spacial score (nSPS) is 27.3. The molecule has 5 heteroatoms. The second-order valence-corrected chi connectivity index (χ2v) is 4.14. The van der Waals surface area contributed by atoms with E-state index >= 15 is 0 Å². The van der Waals surface area contributed by atoms with Gasteiger partial charge in [0.2, 0.25) is 0 Å². The summed E-state index contributed by atoms with van der Waals surface area (Å²) >= 11 is 1.23. The molecule has 0 aromatic rings. The van der Waals surface area contributed by atoms with E-state index in [1.54, 1.807) is 0 Å². The molecule has 0 aliphatic carbocycles. The molecule has 3 N–H and O–H groups in total. The Morgan fingerprint density at radius 2 is 2.54 bits per heavy atom. The summed E-state index contributed by atoms with van der Waals surface area (Å²) in [6.45, 7) is 1.98. The molecule has 13 heavy (non-hydrogen) atoms. The minimum atomic E-state index is -0.100. The van der Waals surface area contributed by atoms with Crippen LogP contribution in [-0.4, -0.2) is 23.0 Å². The molecule has 0 bridgehead atoms. The van der Waals surface area contributed by atoms with Crippen LogP contribution < -0.4 is 5.73 Å². The average Bonchev–Trinajstić information content (AvgIpc) is 2.43. The second kappa shape index (κ2) is 4.50. The quantitative estimate of drug-likeness (QED) is 0.406. The van der Waals surface area contributed by atoms with Crippen molar-refractivity contribution in [2.24, 2.45) is 11.7 Å². The van der Waals surface area contributed by atoms with Crippen LogP contribution in [0.3, 0.4) is 0 Å². The summed E-state index contributed by atoms with van der Waals surface area (Å²) in [5.74, 6) is 0.562. The van der Waals surface area contributed by atoms with E-state index in [-0.39, 0.29) is 23.2 Å². The molecule has 1 heterocycles. The Balaban J connectivity index is 2.31. The Kier molecular flexibility index (Phi) is 3.59. The van der Waals surface area contributed by atoms with Gasteiger partial charge in [0, 0.05) is 5.75 Å². The van der Waals surface area contributed by atoms with E-state index in [1.165, 1.54) is 11.8 Å². The lowest BCUT2D eigenvalue weighted by molar-refractivity contribution is -0.143. The number of nitrogens with one attached hydrogen (secondary N) is 1. The zero-order chi connectivity index (χ0) is 9.84. The third-order valence-corrected chi connectivity index (χ3v) is 2.93. The van der Waals surface area contributed by atoms with Gasteiger partial charge in [0.1, 0.15) is 6.10 Å². The van der Waals surface area contributed by atoms with Crippen molar-refractivity contribution < 1.29 is 9.53 Å². The smallest absolute Gasteiger partial charge is 0.309 e. The zero-order valence-corrected chi connectivity index (χ0v) is 8.39. The Morgan fingerprint density at radius 3 is 3.00 bits per heavy atom. The first-order valence-electron chi connectivity index (χ1n) is 4.30. The molecule has 0 spiro atoms. The van der Waals surface area contributed by atoms with Gasteiger partial charge in [0.05, 0.1) is 5.92 Å². The molecule has 0 unspecified atom stereocenters. The number of esters is 1. The fourth-order valence-electron chi connectivity index (χ4n) is 1.34. The van der Waals surface area contributed by atoms with Crippen molar-refractivity contribution in [2.75, 3.05) is 5.75 Å². The summed E-state index contributed by atoms with van der Waals surface area (Å²) < 4.78 is 5.10. The number of hydrogen-bond acceptors (Lipinski definition) is 4. The van der Waals surface area contributed by atoms with E-state index in [4.69, 9.17) is 15.9 Å². The zero-order valence-electron chi connectivity index (χ0n) is 7.58. The second-order valence-electron chi connectivity index (χ2n) is 3.08. The monoisotopic (exact) mass is 202 g/mol. The molecule has 1 saturated heterocycles. The Hall–Kier alpha value is -0.710. The molecule has 0 aromatic carbocycles. The molecular formula is C8H14N2O2S. The lowest BCUT2D eigenvalue weighted by Gasteiger charge is -2.06. The molecule has 0 aromatic heterocycles. The molecule has 74 valence electrons. The highest BCUT2D eigenvalue weighted by atomic mass is 32.2. The highest BCUT2D eigenvalue weighted by Gasteiger charge is 2.32. The number of rotatable bonds is 3. The van der Waals surface area contributed by atoms with Crippen LogP contribution in [0.4, 0.5) is 0 Å². The fraction of sp³-hybridized carbons (Fsp3) is 0.750. The lowest BCUT2D eigenvalue weighted by atomic mass is 10.0. The summed E-state index contributed by atoms with van der Waals surface area (Å²) in [6.07, 6.45) is 1.56. The van der Waals surface area contributed by atoms with Crippen LogP contribution in [0.25, 0.3) is 0 Å². The van der Waals surface area contributed by atoms with Gasteiger partial charge in [-0.1, -0.05) is 18.7 Å². The first-order chi connectivity index (χ1) is 6.13. The SMILES string of the molecule is CC[C@H]1C[C@@H](CSC(=N)N)OC1=O. The largest absolute Gasteiger partial charge is 0.461 e. The molecule has 4 nitrogen and oxygen atoms in total. The minimum absolute atomic E-state index is 0.0497. The van der Waals surface area contributed by atoms with Crippen LogP contribution in [0.1, 0.15) is 19.8 Å². The molecule has 0 amide bonds. The van der Waals surface area contributed by atoms with Crippen LogP contribution in [0.5, 0.6) is 0 Å². The number of hydrogen-bond donors (Lipinski definition) is 2. The third-order valence-electron chi connectivity index (χ3n) is 2.08. The highest BCUT2D eigenvalue weighted by Crippen LogP contribution is 2.25. The number of cyclic esters (lactones) is 1. The van der Waals surface area contributed by atoms with E-state index in [2.05, 4.69) is 0 Å². The van der Waals surface area contributed by atoms with E-state index < -0.39 is 0 Å². The third kappa shape index (κ3) is 2.91. The first-order valence-corrected chi connectivity index (χ1v) is 5.29. The maximum absolute atomic E-state index is 11.1. The highest BCUT2D eigenvalue weighted by molar-refractivity contribution is 8.13. The summed E-state index contributed by atoms with van der Waals surface area (Å²) in [5.41, 5.74) is 5.18. The van der Waals surface area contributed by atoms with Crippen molar-refractivity contribution in [1.82, 2.24) is 0 Å². The number of carbonyl (C=O) groups excluding carboxylic acids is 1. The van der Waals surface area contributed by atoms with Crippen molar-refractivity contribution >= 4 is 22.9 Å². The van der Waals surface area contributed by atoms with Crippen molar-refractivity contribution in [3.63, 3.8) is 0 Å². The topological polar surface area (TPSA) is 76.2 Å². The lowest BCUT2D eigenvalue weighted by Crippen LogP contribution is -2.14. The van der Waals surface area contributed by atoms with Gasteiger partial charge in [-0.05, 0) is 12.8 Å². The van der Waals surface area contributed by atoms with Gasteiger partial charge in [-0.3, -0.25) is 10.2 Å². The van der Waals surface area contributed by atoms with E-state index in [1.807, 2.05) is 6.92 Å². The van der Waals surface area contributed by atoms with Crippen molar-refractivity contribution in [3.8, 4) is 0 Å². The molecule has 0 radical (unpaired) electrons. The molecule has 2 atom stereocenters. The van der Waals surface area contributed by atoms with Crippen molar-refractivity contribution in [2.45, 2.75) is 25.9 Å². The average molecular weight is 202 g/mol. The molecule has 0 saturated carbocycles. The van der Waals surface area contributed by atoms with Gasteiger partial charge in [0.25, 0.3) is 0 Å². The van der Waals surface area contributed by atoms with Crippen LogP contribution in [-0.2, 0) is 9.53 Å². The van der Waals surface area contributed by atoms with E-state index in [9.17, 15) is 4.79 Å². The van der Waals surface area contributed by atoms with Crippen molar-refractivity contribution in [1.29, 1.82) is 5.41 Å². The van der Waals surface area contributed by atoms with Gasteiger partial charge in [-0.25, -0.2) is 0 Å². The van der Waals surface area contributed by atoms with Gasteiger partial charge in [0.15, 0.2) is 5.17 Å². The van der Waals surface area contributed by atoms with E-state index in [0.29, 0.717) is 5.75 Å². The summed E-state index contributed by atoms with van der Waals surface area (Å²) in [4.78, 5) is 11.1. The number of carbonyl (C=O) groups is 1. The van der Waals surface area contributed by atoms with Gasteiger partial charge >= 0.3 is 5.97 Å². The summed E-state index contributed by atoms with van der Waals surface area (Å²) in [7, 11) is 0. The predicted octanol–water partition coefficient (Wildman–Crippen LogP) is 0.955. The number of amidine groups is 1. The Labute approximate surface area is 81.7 Å².